The van der Waals surface area contributed by atoms with Crippen molar-refractivity contribution in [3.8, 4) is 0 Å². The fourth-order valence-electron chi connectivity index (χ4n) is 2.53. The molecule has 1 aromatic rings. The third kappa shape index (κ3) is 3.16. The minimum absolute atomic E-state index is 0.152. The second kappa shape index (κ2) is 5.98. The van der Waals surface area contributed by atoms with E-state index in [1.165, 1.54) is 21.3 Å². The first-order chi connectivity index (χ1) is 10.2. The second-order valence-corrected chi connectivity index (χ2v) is 8.27. The standard InChI is InChI=1S/C15H23N3O3S/c1-15(10-16)8-9-18(11-15)22(20,21)13-6-4-12(5-7-13)14(19)17(2)3/h4-7H,8-11,16H2,1-3H3. The third-order valence-electron chi connectivity index (χ3n) is 4.16. The van der Waals surface area contributed by atoms with Crippen LogP contribution in [0.25, 0.3) is 0 Å². The molecular formula is C15H23N3O3S. The average molecular weight is 325 g/mol. The van der Waals surface area contributed by atoms with Crippen molar-refractivity contribution in [1.29, 1.82) is 0 Å². The zero-order valence-corrected chi connectivity index (χ0v) is 14.1. The molecule has 0 aliphatic carbocycles. The largest absolute Gasteiger partial charge is 0.345 e. The highest BCUT2D eigenvalue weighted by molar-refractivity contribution is 7.89. The molecule has 1 heterocycles. The van der Waals surface area contributed by atoms with Crippen LogP contribution in [0.1, 0.15) is 23.7 Å². The van der Waals surface area contributed by atoms with E-state index in [-0.39, 0.29) is 16.2 Å². The van der Waals surface area contributed by atoms with Crippen LogP contribution < -0.4 is 5.73 Å². The van der Waals surface area contributed by atoms with E-state index in [9.17, 15) is 13.2 Å². The molecule has 0 bridgehead atoms. The summed E-state index contributed by atoms with van der Waals surface area (Å²) in [7, 11) is -0.214. The van der Waals surface area contributed by atoms with Crippen molar-refractivity contribution in [2.75, 3.05) is 33.7 Å². The molecule has 1 unspecified atom stereocenters. The number of hydrogen-bond donors (Lipinski definition) is 1. The van der Waals surface area contributed by atoms with Crippen molar-refractivity contribution >= 4 is 15.9 Å². The molecule has 0 spiro atoms. The molecule has 1 saturated heterocycles. The van der Waals surface area contributed by atoms with E-state index in [0.717, 1.165) is 6.42 Å². The van der Waals surface area contributed by atoms with Crippen molar-refractivity contribution in [2.45, 2.75) is 18.2 Å². The molecule has 0 radical (unpaired) electrons. The van der Waals surface area contributed by atoms with Gasteiger partial charge in [0.2, 0.25) is 10.0 Å². The molecule has 122 valence electrons. The predicted molar refractivity (Wildman–Crippen MR) is 85.0 cm³/mol. The zero-order chi connectivity index (χ0) is 16.5. The summed E-state index contributed by atoms with van der Waals surface area (Å²) >= 11 is 0. The van der Waals surface area contributed by atoms with Gasteiger partial charge in [-0.15, -0.1) is 0 Å². The maximum absolute atomic E-state index is 12.6. The van der Waals surface area contributed by atoms with E-state index < -0.39 is 10.0 Å². The summed E-state index contributed by atoms with van der Waals surface area (Å²) in [6, 6.07) is 6.08. The Balaban J connectivity index is 2.22. The monoisotopic (exact) mass is 325 g/mol. The van der Waals surface area contributed by atoms with Crippen LogP contribution >= 0.6 is 0 Å². The molecule has 2 N–H and O–H groups in total. The molecule has 22 heavy (non-hydrogen) atoms. The lowest BCUT2D eigenvalue weighted by Crippen LogP contribution is -2.34. The van der Waals surface area contributed by atoms with Crippen molar-refractivity contribution in [3.63, 3.8) is 0 Å². The van der Waals surface area contributed by atoms with E-state index >= 15 is 0 Å². The SMILES string of the molecule is CN(C)C(=O)c1ccc(S(=O)(=O)N2CCC(C)(CN)C2)cc1. The van der Waals surface area contributed by atoms with Gasteiger partial charge in [0.15, 0.2) is 0 Å². The Morgan fingerprint density at radius 2 is 1.91 bits per heavy atom. The van der Waals surface area contributed by atoms with Crippen LogP contribution in [0.3, 0.4) is 0 Å². The van der Waals surface area contributed by atoms with E-state index in [4.69, 9.17) is 5.73 Å². The molecule has 0 aromatic heterocycles. The number of carbonyl (C=O) groups is 1. The van der Waals surface area contributed by atoms with Gasteiger partial charge in [-0.3, -0.25) is 4.79 Å². The van der Waals surface area contributed by atoms with Gasteiger partial charge in [-0.2, -0.15) is 4.31 Å². The Bertz CT molecular complexity index is 655. The number of rotatable bonds is 4. The Hall–Kier alpha value is -1.44. The van der Waals surface area contributed by atoms with Crippen LogP contribution in [0.4, 0.5) is 0 Å². The van der Waals surface area contributed by atoms with Crippen molar-refractivity contribution < 1.29 is 13.2 Å². The van der Waals surface area contributed by atoms with Gasteiger partial charge >= 0.3 is 0 Å². The second-order valence-electron chi connectivity index (χ2n) is 6.33. The van der Waals surface area contributed by atoms with Gasteiger partial charge in [0.05, 0.1) is 4.90 Å². The smallest absolute Gasteiger partial charge is 0.253 e. The first-order valence-corrected chi connectivity index (χ1v) is 8.65. The highest BCUT2D eigenvalue weighted by Gasteiger charge is 2.38. The molecule has 0 saturated carbocycles. The molecule has 1 aromatic carbocycles. The number of amides is 1. The minimum atomic E-state index is -3.53. The van der Waals surface area contributed by atoms with Gasteiger partial charge in [-0.05, 0) is 42.6 Å². The van der Waals surface area contributed by atoms with Gasteiger partial charge in [0, 0.05) is 32.7 Å². The summed E-state index contributed by atoms with van der Waals surface area (Å²) in [6.45, 7) is 3.38. The van der Waals surface area contributed by atoms with Crippen LogP contribution in [0, 0.1) is 5.41 Å². The maximum Gasteiger partial charge on any atom is 0.253 e. The molecule has 1 fully saturated rings. The number of hydrogen-bond acceptors (Lipinski definition) is 4. The van der Waals surface area contributed by atoms with Crippen LogP contribution in [-0.2, 0) is 10.0 Å². The molecule has 1 aliphatic rings. The van der Waals surface area contributed by atoms with Gasteiger partial charge < -0.3 is 10.6 Å². The fraction of sp³-hybridized carbons (Fsp3) is 0.533. The van der Waals surface area contributed by atoms with E-state index in [2.05, 4.69) is 0 Å². The van der Waals surface area contributed by atoms with E-state index in [0.29, 0.717) is 25.2 Å². The molecule has 1 aliphatic heterocycles. The maximum atomic E-state index is 12.6. The van der Waals surface area contributed by atoms with Gasteiger partial charge in [0.1, 0.15) is 0 Å². The summed E-state index contributed by atoms with van der Waals surface area (Å²) < 4.78 is 26.8. The van der Waals surface area contributed by atoms with E-state index in [1.54, 1.807) is 26.2 Å². The predicted octanol–water partition coefficient (Wildman–Crippen LogP) is 0.748. The Morgan fingerprint density at radius 3 is 2.36 bits per heavy atom. The number of carbonyl (C=O) groups excluding carboxylic acids is 1. The molecule has 2 rings (SSSR count). The topological polar surface area (TPSA) is 83.7 Å². The van der Waals surface area contributed by atoms with Crippen molar-refractivity contribution in [1.82, 2.24) is 9.21 Å². The highest BCUT2D eigenvalue weighted by Crippen LogP contribution is 2.32. The van der Waals surface area contributed by atoms with Crippen molar-refractivity contribution in [3.05, 3.63) is 29.8 Å². The summed E-state index contributed by atoms with van der Waals surface area (Å²) in [6.07, 6.45) is 0.764. The summed E-state index contributed by atoms with van der Waals surface area (Å²) in [5, 5.41) is 0. The Labute approximate surface area is 131 Å². The van der Waals surface area contributed by atoms with Crippen LogP contribution in [-0.4, -0.2) is 57.3 Å². The Kier molecular flexibility index (Phi) is 4.60. The molecule has 7 heteroatoms. The van der Waals surface area contributed by atoms with E-state index in [1.807, 2.05) is 6.92 Å². The molecule has 6 nitrogen and oxygen atoms in total. The first-order valence-electron chi connectivity index (χ1n) is 7.21. The van der Waals surface area contributed by atoms with Crippen LogP contribution in [0.5, 0.6) is 0 Å². The summed E-state index contributed by atoms with van der Waals surface area (Å²) in [5.41, 5.74) is 6.04. The zero-order valence-electron chi connectivity index (χ0n) is 13.2. The number of benzene rings is 1. The minimum Gasteiger partial charge on any atom is -0.345 e. The fourth-order valence-corrected chi connectivity index (χ4v) is 4.12. The number of nitrogens with zero attached hydrogens (tertiary/aromatic N) is 2. The van der Waals surface area contributed by atoms with Gasteiger partial charge in [-0.1, -0.05) is 6.92 Å². The van der Waals surface area contributed by atoms with Gasteiger partial charge in [0.25, 0.3) is 5.91 Å². The van der Waals surface area contributed by atoms with Crippen LogP contribution in [0.2, 0.25) is 0 Å². The molecular weight excluding hydrogens is 302 g/mol. The van der Waals surface area contributed by atoms with Gasteiger partial charge in [-0.25, -0.2) is 8.42 Å². The Morgan fingerprint density at radius 1 is 1.32 bits per heavy atom. The molecule has 1 atom stereocenters. The first kappa shape index (κ1) is 16.9. The molecule has 1 amide bonds. The number of nitrogens with two attached hydrogens (primary N) is 1. The number of sulfonamides is 1. The summed E-state index contributed by atoms with van der Waals surface area (Å²) in [5.74, 6) is -0.152. The lowest BCUT2D eigenvalue weighted by molar-refractivity contribution is 0.0827. The normalized spacial score (nSPS) is 22.7. The average Bonchev–Trinajstić information content (AvgIpc) is 2.90. The lowest BCUT2D eigenvalue weighted by Gasteiger charge is -2.22. The highest BCUT2D eigenvalue weighted by atomic mass is 32.2. The van der Waals surface area contributed by atoms with Crippen LogP contribution in [0.15, 0.2) is 29.2 Å². The lowest BCUT2D eigenvalue weighted by atomic mass is 9.90. The quantitative estimate of drug-likeness (QED) is 0.885. The third-order valence-corrected chi connectivity index (χ3v) is 6.02. The summed E-state index contributed by atoms with van der Waals surface area (Å²) in [4.78, 5) is 13.5. The van der Waals surface area contributed by atoms with Crippen molar-refractivity contribution in [2.24, 2.45) is 11.1 Å².